The van der Waals surface area contributed by atoms with Crippen LogP contribution in [0.4, 0.5) is 10.5 Å². The first kappa shape index (κ1) is 23.2. The van der Waals surface area contributed by atoms with Crippen molar-refractivity contribution in [2.24, 2.45) is 0 Å². The Balaban J connectivity index is 1.56. The summed E-state index contributed by atoms with van der Waals surface area (Å²) in [6.07, 6.45) is 0. The zero-order valence-electron chi connectivity index (χ0n) is 17.3. The molecule has 0 radical (unpaired) electrons. The van der Waals surface area contributed by atoms with E-state index in [1.54, 1.807) is 0 Å². The summed E-state index contributed by atoms with van der Waals surface area (Å²) in [6, 6.07) is 18.8. The Morgan fingerprint density at radius 1 is 0.875 bits per heavy atom. The highest BCUT2D eigenvalue weighted by Gasteiger charge is 2.19. The maximum Gasteiger partial charge on any atom is 0.329 e. The lowest BCUT2D eigenvalue weighted by Gasteiger charge is -2.09. The van der Waals surface area contributed by atoms with Crippen molar-refractivity contribution < 1.29 is 22.7 Å². The number of nitrogens with one attached hydrogen (secondary N) is 3. The van der Waals surface area contributed by atoms with E-state index in [4.69, 9.17) is 4.74 Å². The molecule has 32 heavy (non-hydrogen) atoms. The number of anilines is 1. The van der Waals surface area contributed by atoms with Crippen LogP contribution >= 0.6 is 11.9 Å². The van der Waals surface area contributed by atoms with Gasteiger partial charge >= 0.3 is 6.03 Å². The number of amides is 3. The number of sulfonamides is 1. The Labute approximate surface area is 190 Å². The van der Waals surface area contributed by atoms with Crippen molar-refractivity contribution in [3.05, 3.63) is 83.9 Å². The van der Waals surface area contributed by atoms with Gasteiger partial charge in [-0.05, 0) is 79.5 Å². The monoisotopic (exact) mass is 471 g/mol. The number of methoxy groups -OCH3 is 1. The third-order valence-corrected chi connectivity index (χ3v) is 6.43. The quantitative estimate of drug-likeness (QED) is 0.450. The van der Waals surface area contributed by atoms with E-state index in [0.29, 0.717) is 11.4 Å². The number of hydrogen-bond donors (Lipinski definition) is 3. The predicted molar refractivity (Wildman–Crippen MR) is 123 cm³/mol. The highest BCUT2D eigenvalue weighted by molar-refractivity contribution is 7.98. The molecule has 0 aromatic heterocycles. The molecule has 0 aliphatic carbocycles. The van der Waals surface area contributed by atoms with Gasteiger partial charge in [0.15, 0.2) is 0 Å². The van der Waals surface area contributed by atoms with Crippen molar-refractivity contribution in [2.45, 2.75) is 16.7 Å². The molecular formula is C22H21N3O5S2. The summed E-state index contributed by atoms with van der Waals surface area (Å²) in [5, 5.41) is 2.64. The minimum absolute atomic E-state index is 0.0623. The molecule has 0 spiro atoms. The second-order valence-electron chi connectivity index (χ2n) is 6.66. The maximum absolute atomic E-state index is 12.4. The molecule has 8 nitrogen and oxygen atoms in total. The van der Waals surface area contributed by atoms with Crippen LogP contribution in [0.2, 0.25) is 0 Å². The molecule has 0 fully saturated rings. The zero-order valence-corrected chi connectivity index (χ0v) is 18.9. The number of carbonyl (C=O) groups is 2. The third kappa shape index (κ3) is 6.25. The SMILES string of the molecule is COc1ccc(S(=O)(=O)NC(=O)c2ccc(NC(=O)NSc3ccc(C)cc3)cc2)cc1. The number of urea groups is 1. The Morgan fingerprint density at radius 2 is 1.50 bits per heavy atom. The second-order valence-corrected chi connectivity index (χ2v) is 9.22. The average Bonchev–Trinajstić information content (AvgIpc) is 2.79. The summed E-state index contributed by atoms with van der Waals surface area (Å²) in [5.74, 6) is -0.286. The third-order valence-electron chi connectivity index (χ3n) is 4.28. The van der Waals surface area contributed by atoms with Gasteiger partial charge in [0.1, 0.15) is 5.75 Å². The van der Waals surface area contributed by atoms with Crippen molar-refractivity contribution in [1.29, 1.82) is 0 Å². The Bertz CT molecular complexity index is 1190. The Morgan fingerprint density at radius 3 is 2.09 bits per heavy atom. The van der Waals surface area contributed by atoms with Gasteiger partial charge in [0.05, 0.1) is 12.0 Å². The summed E-state index contributed by atoms with van der Waals surface area (Å²) >= 11 is 1.17. The fourth-order valence-corrected chi connectivity index (χ4v) is 4.08. The van der Waals surface area contributed by atoms with Crippen molar-refractivity contribution in [3.8, 4) is 5.75 Å². The highest BCUT2D eigenvalue weighted by Crippen LogP contribution is 2.17. The lowest BCUT2D eigenvalue weighted by atomic mass is 10.2. The normalized spacial score (nSPS) is 10.8. The number of carbonyl (C=O) groups excluding carboxylic acids is 2. The number of ether oxygens (including phenoxy) is 1. The molecule has 0 aliphatic rings. The lowest BCUT2D eigenvalue weighted by molar-refractivity contribution is 0.0981. The highest BCUT2D eigenvalue weighted by atomic mass is 32.2. The lowest BCUT2D eigenvalue weighted by Crippen LogP contribution is -2.30. The fraction of sp³-hybridized carbons (Fsp3) is 0.0909. The van der Waals surface area contributed by atoms with Crippen molar-refractivity contribution in [2.75, 3.05) is 12.4 Å². The smallest absolute Gasteiger partial charge is 0.329 e. The Kier molecular flexibility index (Phi) is 7.39. The number of aryl methyl sites for hydroxylation is 1. The van der Waals surface area contributed by atoms with E-state index >= 15 is 0 Å². The van der Waals surface area contributed by atoms with Crippen molar-refractivity contribution in [1.82, 2.24) is 9.44 Å². The molecule has 166 valence electrons. The first-order chi connectivity index (χ1) is 15.3. The molecule has 3 aromatic carbocycles. The number of hydrogen-bond acceptors (Lipinski definition) is 6. The van der Waals surface area contributed by atoms with Gasteiger partial charge in [-0.2, -0.15) is 0 Å². The summed E-state index contributed by atoms with van der Waals surface area (Å²) in [6.45, 7) is 1.98. The van der Waals surface area contributed by atoms with Gasteiger partial charge in [-0.15, -0.1) is 0 Å². The van der Waals surface area contributed by atoms with Gasteiger partial charge in [-0.1, -0.05) is 17.7 Å². The minimum atomic E-state index is -4.04. The molecule has 0 saturated carbocycles. The molecular weight excluding hydrogens is 450 g/mol. The van der Waals surface area contributed by atoms with Crippen molar-refractivity contribution in [3.63, 3.8) is 0 Å². The molecule has 0 atom stereocenters. The molecule has 3 aromatic rings. The van der Waals surface area contributed by atoms with Crippen LogP contribution in [0.5, 0.6) is 5.75 Å². The molecule has 0 heterocycles. The average molecular weight is 472 g/mol. The molecule has 3 N–H and O–H groups in total. The molecule has 0 aliphatic heterocycles. The van der Waals surface area contributed by atoms with Crippen LogP contribution in [-0.4, -0.2) is 27.5 Å². The van der Waals surface area contributed by atoms with Crippen LogP contribution in [0.15, 0.2) is 82.6 Å². The van der Waals surface area contributed by atoms with Gasteiger partial charge in [0.2, 0.25) is 0 Å². The summed E-state index contributed by atoms with van der Waals surface area (Å²) in [7, 11) is -2.57. The van der Waals surface area contributed by atoms with Gasteiger partial charge in [-0.25, -0.2) is 17.9 Å². The number of rotatable bonds is 7. The summed E-state index contributed by atoms with van der Waals surface area (Å²) < 4.78 is 34.5. The zero-order chi connectivity index (χ0) is 23.1. The van der Waals surface area contributed by atoms with Gasteiger partial charge in [-0.3, -0.25) is 9.52 Å². The maximum atomic E-state index is 12.4. The van der Waals surface area contributed by atoms with Crippen LogP contribution in [0, 0.1) is 6.92 Å². The molecule has 0 unspecified atom stereocenters. The van der Waals surface area contributed by atoms with E-state index in [1.807, 2.05) is 35.9 Å². The topological polar surface area (TPSA) is 114 Å². The minimum Gasteiger partial charge on any atom is -0.497 e. The standard InChI is InChI=1S/C22H21N3O5S2/c1-15-3-11-19(12-4-15)31-24-22(27)23-17-7-5-16(6-8-17)21(26)25-32(28,29)20-13-9-18(30-2)10-14-20/h3-14H,1-2H3,(H,25,26)(H2,23,24,27). The first-order valence-corrected chi connectivity index (χ1v) is 11.7. The van der Waals surface area contributed by atoms with E-state index in [0.717, 1.165) is 10.5 Å². The van der Waals surface area contributed by atoms with E-state index < -0.39 is 22.0 Å². The Hall–Kier alpha value is -3.50. The molecule has 10 heteroatoms. The number of benzene rings is 3. The van der Waals surface area contributed by atoms with E-state index in [1.165, 1.54) is 67.6 Å². The van der Waals surface area contributed by atoms with E-state index in [-0.39, 0.29) is 10.5 Å². The molecule has 3 rings (SSSR count). The summed E-state index contributed by atoms with van der Waals surface area (Å²) in [4.78, 5) is 25.2. The van der Waals surface area contributed by atoms with Gasteiger partial charge < -0.3 is 10.1 Å². The van der Waals surface area contributed by atoms with Gasteiger partial charge in [0, 0.05) is 16.1 Å². The molecule has 0 saturated heterocycles. The van der Waals surface area contributed by atoms with Crippen LogP contribution in [0.1, 0.15) is 15.9 Å². The van der Waals surface area contributed by atoms with Crippen LogP contribution < -0.4 is 19.5 Å². The van der Waals surface area contributed by atoms with E-state index in [9.17, 15) is 18.0 Å². The van der Waals surface area contributed by atoms with Crippen LogP contribution in [0.25, 0.3) is 0 Å². The first-order valence-electron chi connectivity index (χ1n) is 9.38. The summed E-state index contributed by atoms with van der Waals surface area (Å²) in [5.41, 5.74) is 1.70. The van der Waals surface area contributed by atoms with E-state index in [2.05, 4.69) is 10.0 Å². The largest absolute Gasteiger partial charge is 0.497 e. The fourth-order valence-electron chi connectivity index (χ4n) is 2.57. The van der Waals surface area contributed by atoms with Crippen LogP contribution in [0.3, 0.4) is 0 Å². The van der Waals surface area contributed by atoms with Crippen LogP contribution in [-0.2, 0) is 10.0 Å². The predicted octanol–water partition coefficient (Wildman–Crippen LogP) is 3.95. The molecule has 0 bridgehead atoms. The molecule has 3 amide bonds. The van der Waals surface area contributed by atoms with Gasteiger partial charge in [0.25, 0.3) is 15.9 Å². The van der Waals surface area contributed by atoms with Crippen molar-refractivity contribution >= 4 is 39.6 Å². The second kappa shape index (κ2) is 10.2.